The predicted molar refractivity (Wildman–Crippen MR) is 269 cm³/mol. The number of carbonyl (C=O) groups excluding carboxylic acids is 2. The Morgan fingerprint density at radius 2 is 1.43 bits per heavy atom. The van der Waals surface area contributed by atoms with Gasteiger partial charge in [-0.25, -0.2) is 22.5 Å². The van der Waals surface area contributed by atoms with Crippen LogP contribution in [-0.4, -0.2) is 185 Å². The van der Waals surface area contributed by atoms with Crippen molar-refractivity contribution in [3.8, 4) is 11.6 Å². The number of hydrogen-bond acceptors (Lipinski definition) is 21. The standard InChI is InChI=1S/C47H69F3N10O14P2/c48-34-26-38(49)43(39(50)27-34)74-42(61)10-14-67-17-20-69-19-16-66-13-5-1-4-12-59-31-40(56-57-59)72-25-24-71-23-22-70-21-18-68-15-11-51-46(62)33-29-58(30-33)47-54-44(53-35-6-2-3-7-35)37-28-52-60(45(37)55-47)41-9-8-36(73-41)32-75(63)76(64)65/h26-28,31,33,35-36,41,63-65H,1-25,29-30,32H2,(H,51,62)(H,53,54,55). The third-order valence-electron chi connectivity index (χ3n) is 12.4. The second-order valence-electron chi connectivity index (χ2n) is 18.2. The minimum absolute atomic E-state index is 0.0400. The van der Waals surface area contributed by atoms with Crippen LogP contribution in [0, 0.1) is 23.4 Å². The molecule has 2 saturated heterocycles. The zero-order valence-electron chi connectivity index (χ0n) is 42.4. The summed E-state index contributed by atoms with van der Waals surface area (Å²) in [6, 6.07) is 1.16. The van der Waals surface area contributed by atoms with Gasteiger partial charge in [0.25, 0.3) is 5.88 Å². The van der Waals surface area contributed by atoms with Crippen LogP contribution in [-0.2, 0) is 49.3 Å². The summed E-state index contributed by atoms with van der Waals surface area (Å²) in [5, 5.41) is 20.1. The Morgan fingerprint density at radius 1 is 0.776 bits per heavy atom. The van der Waals surface area contributed by atoms with E-state index < -0.39 is 51.3 Å². The van der Waals surface area contributed by atoms with Crippen molar-refractivity contribution in [2.24, 2.45) is 5.92 Å². The van der Waals surface area contributed by atoms with Gasteiger partial charge in [0.05, 0.1) is 109 Å². The number of benzene rings is 1. The molecule has 3 fully saturated rings. The number of esters is 1. The molecule has 7 rings (SSSR count). The van der Waals surface area contributed by atoms with Crippen LogP contribution in [0.15, 0.2) is 24.5 Å². The minimum atomic E-state index is -2.39. The maximum atomic E-state index is 13.6. The van der Waals surface area contributed by atoms with Gasteiger partial charge >= 0.3 is 5.97 Å². The van der Waals surface area contributed by atoms with Crippen molar-refractivity contribution in [2.75, 3.05) is 122 Å². The Morgan fingerprint density at radius 3 is 2.13 bits per heavy atom. The van der Waals surface area contributed by atoms with Gasteiger partial charge < -0.3 is 72.8 Å². The van der Waals surface area contributed by atoms with Crippen LogP contribution < -0.4 is 25.0 Å². The summed E-state index contributed by atoms with van der Waals surface area (Å²) in [5.41, 5.74) is 0.616. The van der Waals surface area contributed by atoms with Crippen LogP contribution in [0.3, 0.4) is 0 Å². The van der Waals surface area contributed by atoms with Crippen molar-refractivity contribution < 1.29 is 80.1 Å². The van der Waals surface area contributed by atoms with E-state index in [1.165, 1.54) is 0 Å². The van der Waals surface area contributed by atoms with Gasteiger partial charge in [0.15, 0.2) is 23.5 Å². The first-order valence-electron chi connectivity index (χ1n) is 25.7. The molecular weight excluding hydrogens is 1050 g/mol. The zero-order chi connectivity index (χ0) is 53.5. The number of rotatable bonds is 37. The van der Waals surface area contributed by atoms with E-state index >= 15 is 0 Å². The molecular formula is C47H69F3N10O14P2. The average Bonchev–Trinajstić information content (AvgIpc) is 4.25. The average molecular weight is 1120 g/mol. The molecule has 1 amide bonds. The normalized spacial score (nSPS) is 17.5. The third-order valence-corrected chi connectivity index (χ3v) is 15.3. The number of anilines is 2. The molecule has 76 heavy (non-hydrogen) atoms. The second-order valence-corrected chi connectivity index (χ2v) is 22.3. The molecule has 3 aliphatic rings. The lowest BCUT2D eigenvalue weighted by atomic mass is 10.00. The number of carbonyl (C=O) groups is 2. The smallest absolute Gasteiger partial charge is 0.313 e. The molecule has 3 aromatic heterocycles. The molecule has 422 valence electrons. The largest absolute Gasteiger partial charge is 0.473 e. The molecule has 0 radical (unpaired) electrons. The van der Waals surface area contributed by atoms with Crippen LogP contribution in [0.5, 0.6) is 11.6 Å². The van der Waals surface area contributed by atoms with Gasteiger partial charge in [-0.15, -0.1) is 0 Å². The number of halogens is 3. The van der Waals surface area contributed by atoms with E-state index in [1.807, 2.05) is 4.90 Å². The highest BCUT2D eigenvalue weighted by molar-refractivity contribution is 8.22. The molecule has 5 N–H and O–H groups in total. The maximum Gasteiger partial charge on any atom is 0.313 e. The first kappa shape index (κ1) is 59.2. The number of aromatic nitrogens is 7. The predicted octanol–water partition coefficient (Wildman–Crippen LogP) is 4.36. The monoisotopic (exact) mass is 1120 g/mol. The fourth-order valence-corrected chi connectivity index (χ4v) is 10.2. The van der Waals surface area contributed by atoms with Crippen LogP contribution in [0.25, 0.3) is 11.0 Å². The summed E-state index contributed by atoms with van der Waals surface area (Å²) in [5.74, 6) is -4.25. The highest BCUT2D eigenvalue weighted by Gasteiger charge is 2.36. The second kappa shape index (κ2) is 31.8. The minimum Gasteiger partial charge on any atom is -0.473 e. The molecule has 0 bridgehead atoms. The highest BCUT2D eigenvalue weighted by atomic mass is 32.1. The Hall–Kier alpha value is -4.50. The number of hydrogen-bond donors (Lipinski definition) is 5. The lowest BCUT2D eigenvalue weighted by molar-refractivity contribution is -0.136. The molecule has 29 heteroatoms. The summed E-state index contributed by atoms with van der Waals surface area (Å²) >= 11 is 0. The van der Waals surface area contributed by atoms with E-state index in [-0.39, 0.29) is 50.3 Å². The topological polar surface area (TPSA) is 280 Å². The summed E-state index contributed by atoms with van der Waals surface area (Å²) in [6.45, 7) is 6.31. The number of nitrogens with zero attached hydrogens (tertiary/aromatic N) is 8. The maximum absolute atomic E-state index is 13.6. The molecule has 2 aliphatic heterocycles. The van der Waals surface area contributed by atoms with Gasteiger partial charge in [-0.1, -0.05) is 23.2 Å². The number of aryl methyl sites for hydroxylation is 1. The van der Waals surface area contributed by atoms with Crippen molar-refractivity contribution in [3.63, 3.8) is 0 Å². The SMILES string of the molecule is O=C(CCOCCOCCOCCCCCn1cc(OCCOCCOCCOCCNC(=O)C2CN(c3nc(NC4CCCC4)c4cnn(C5CCC(CP(O)P(O)O)O5)c4n3)C2)nn1)Oc1c(F)cc(F)cc1F. The molecule has 4 aromatic rings. The fourth-order valence-electron chi connectivity index (χ4n) is 8.44. The zero-order valence-corrected chi connectivity index (χ0v) is 44.1. The van der Waals surface area contributed by atoms with Crippen molar-refractivity contribution in [2.45, 2.75) is 89.1 Å². The van der Waals surface area contributed by atoms with Gasteiger partial charge in [0.2, 0.25) is 25.7 Å². The Bertz CT molecular complexity index is 2370. The van der Waals surface area contributed by atoms with Gasteiger partial charge in [0.1, 0.15) is 26.1 Å². The molecule has 1 aromatic carbocycles. The quantitative estimate of drug-likeness (QED) is 0.0181. The van der Waals surface area contributed by atoms with Crippen molar-refractivity contribution >= 4 is 50.6 Å². The van der Waals surface area contributed by atoms with Gasteiger partial charge in [-0.2, -0.15) is 15.1 Å². The molecule has 24 nitrogen and oxygen atoms in total. The first-order chi connectivity index (χ1) is 37.0. The van der Waals surface area contributed by atoms with E-state index in [0.29, 0.717) is 147 Å². The molecule has 0 spiro atoms. The number of unbranched alkanes of at least 4 members (excludes halogenated alkanes) is 2. The summed E-state index contributed by atoms with van der Waals surface area (Å²) in [6.07, 6.45) is 11.1. The highest BCUT2D eigenvalue weighted by Crippen LogP contribution is 2.61. The molecule has 1 saturated carbocycles. The number of ether oxygens (including phenoxy) is 9. The van der Waals surface area contributed by atoms with Gasteiger partial charge in [-0.05, 0) is 44.9 Å². The van der Waals surface area contributed by atoms with Crippen LogP contribution in [0.4, 0.5) is 24.9 Å². The van der Waals surface area contributed by atoms with E-state index in [2.05, 4.69) is 30.8 Å². The van der Waals surface area contributed by atoms with E-state index in [1.54, 1.807) is 21.8 Å². The van der Waals surface area contributed by atoms with Gasteiger partial charge in [0, 0.05) is 57.1 Å². The number of amides is 1. The fraction of sp³-hybridized carbons (Fsp3) is 0.681. The Kier molecular flexibility index (Phi) is 24.7. The van der Waals surface area contributed by atoms with Crippen molar-refractivity contribution in [1.82, 2.24) is 40.1 Å². The van der Waals surface area contributed by atoms with Gasteiger partial charge in [-0.3, -0.25) is 9.59 Å². The summed E-state index contributed by atoms with van der Waals surface area (Å²) in [7, 11) is -4.30. The Labute approximate surface area is 440 Å². The number of fused-ring (bicyclic) bond motifs is 1. The van der Waals surface area contributed by atoms with Crippen LogP contribution in [0.1, 0.15) is 70.4 Å². The summed E-state index contributed by atoms with van der Waals surface area (Å²) < 4.78 is 93.2. The van der Waals surface area contributed by atoms with E-state index in [0.717, 1.165) is 50.3 Å². The van der Waals surface area contributed by atoms with E-state index in [9.17, 15) is 37.4 Å². The lowest BCUT2D eigenvalue weighted by Gasteiger charge is -2.38. The molecule has 3 atom stereocenters. The first-order valence-corrected chi connectivity index (χ1v) is 29.1. The van der Waals surface area contributed by atoms with Crippen LogP contribution >= 0.6 is 15.9 Å². The lowest BCUT2D eigenvalue weighted by Crippen LogP contribution is -2.54. The Balaban J connectivity index is 0.638. The molecule has 5 heterocycles. The van der Waals surface area contributed by atoms with Crippen LogP contribution in [0.2, 0.25) is 0 Å². The van der Waals surface area contributed by atoms with Crippen molar-refractivity contribution in [1.29, 1.82) is 0 Å². The molecule has 1 aliphatic carbocycles. The van der Waals surface area contributed by atoms with Crippen molar-refractivity contribution in [3.05, 3.63) is 42.0 Å². The summed E-state index contributed by atoms with van der Waals surface area (Å²) in [4.78, 5) is 65.4. The third kappa shape index (κ3) is 19.1. The van der Waals surface area contributed by atoms with E-state index in [4.69, 9.17) is 47.9 Å². The number of nitrogens with one attached hydrogen (secondary N) is 2. The molecule has 3 unspecified atom stereocenters.